The Bertz CT molecular complexity index is 701. The Kier molecular flexibility index (Phi) is 11.3. The van der Waals surface area contributed by atoms with E-state index in [1.807, 2.05) is 32.9 Å². The summed E-state index contributed by atoms with van der Waals surface area (Å²) >= 11 is 0. The van der Waals surface area contributed by atoms with Crippen LogP contribution < -0.4 is 10.1 Å². The van der Waals surface area contributed by atoms with E-state index in [2.05, 4.69) is 21.2 Å². The molecule has 0 spiro atoms. The zero-order valence-electron chi connectivity index (χ0n) is 20.1. The average Bonchev–Trinajstić information content (AvgIpc) is 2.76. The Morgan fingerprint density at radius 2 is 1.56 bits per heavy atom. The number of rotatable bonds is 12. The molecular weight excluding hydrogens is 404 g/mol. The second-order valence-electron chi connectivity index (χ2n) is 9.36. The monoisotopic (exact) mass is 444 g/mol. The highest BCUT2D eigenvalue weighted by atomic mass is 16.6. The second kappa shape index (κ2) is 14.0. The summed E-state index contributed by atoms with van der Waals surface area (Å²) < 4.78 is 11.0. The summed E-state index contributed by atoms with van der Waals surface area (Å²) in [5.41, 5.74) is 0.221. The van der Waals surface area contributed by atoms with Crippen molar-refractivity contribution in [1.82, 2.24) is 15.1 Å². The number of nitriles is 1. The van der Waals surface area contributed by atoms with Crippen LogP contribution in [0.2, 0.25) is 0 Å². The molecule has 32 heavy (non-hydrogen) atoms. The molecule has 1 fully saturated rings. The summed E-state index contributed by atoms with van der Waals surface area (Å²) in [6, 6.07) is 9.40. The van der Waals surface area contributed by atoms with Crippen LogP contribution in [0, 0.1) is 11.3 Å². The molecule has 2 rings (SSSR count). The molecule has 1 N–H and O–H groups in total. The molecule has 0 saturated carbocycles. The van der Waals surface area contributed by atoms with Gasteiger partial charge in [0.25, 0.3) is 0 Å². The summed E-state index contributed by atoms with van der Waals surface area (Å²) in [5.74, 6) is 0.828. The molecule has 0 radical (unpaired) electrons. The Morgan fingerprint density at radius 3 is 2.16 bits per heavy atom. The maximum Gasteiger partial charge on any atom is 0.407 e. The van der Waals surface area contributed by atoms with Gasteiger partial charge in [-0.3, -0.25) is 0 Å². The number of hydrogen-bond donors (Lipinski definition) is 1. The molecule has 1 saturated heterocycles. The number of alkyl carbamates (subject to hydrolysis) is 1. The molecule has 1 aliphatic rings. The molecule has 178 valence electrons. The van der Waals surface area contributed by atoms with Crippen molar-refractivity contribution in [3.8, 4) is 11.8 Å². The molecule has 0 unspecified atom stereocenters. The first-order valence-electron chi connectivity index (χ1n) is 11.9. The van der Waals surface area contributed by atoms with Gasteiger partial charge < -0.3 is 24.6 Å². The SMILES string of the molecule is CC(C)(C)OC(=O)NCCCCCCN1CCN(CCCOc2ccc(C#N)cc2)CC1. The van der Waals surface area contributed by atoms with Crippen LogP contribution in [0.5, 0.6) is 5.75 Å². The van der Waals surface area contributed by atoms with E-state index in [-0.39, 0.29) is 6.09 Å². The van der Waals surface area contributed by atoms with Gasteiger partial charge >= 0.3 is 6.09 Å². The molecule has 7 heteroatoms. The number of hydrogen-bond acceptors (Lipinski definition) is 6. The number of carbonyl (C=O) groups excluding carboxylic acids is 1. The minimum atomic E-state index is -0.436. The van der Waals surface area contributed by atoms with Crippen molar-refractivity contribution < 1.29 is 14.3 Å². The maximum atomic E-state index is 11.6. The fourth-order valence-corrected chi connectivity index (χ4v) is 3.66. The molecule has 7 nitrogen and oxygen atoms in total. The first kappa shape index (κ1) is 26.0. The standard InChI is InChI=1S/C25H40N4O3/c1-25(2,3)32-24(30)27-13-6-4-5-7-14-28-16-18-29(19-17-28)15-8-20-31-23-11-9-22(21-26)10-12-23/h9-12H,4-8,13-20H2,1-3H3,(H,27,30). The van der Waals surface area contributed by atoms with E-state index in [1.54, 1.807) is 12.1 Å². The highest BCUT2D eigenvalue weighted by molar-refractivity contribution is 5.67. The fraction of sp³-hybridized carbons (Fsp3) is 0.680. The van der Waals surface area contributed by atoms with Crippen LogP contribution in [-0.2, 0) is 4.74 Å². The van der Waals surface area contributed by atoms with Crippen LogP contribution in [0.15, 0.2) is 24.3 Å². The first-order chi connectivity index (χ1) is 15.4. The lowest BCUT2D eigenvalue weighted by Gasteiger charge is -2.34. The largest absolute Gasteiger partial charge is 0.494 e. The number of piperazine rings is 1. The highest BCUT2D eigenvalue weighted by Crippen LogP contribution is 2.12. The fourth-order valence-electron chi connectivity index (χ4n) is 3.66. The van der Waals surface area contributed by atoms with E-state index in [0.29, 0.717) is 18.7 Å². The number of benzene rings is 1. The van der Waals surface area contributed by atoms with Gasteiger partial charge in [-0.1, -0.05) is 12.8 Å². The Balaban J connectivity index is 1.42. The molecule has 1 aromatic rings. The van der Waals surface area contributed by atoms with Gasteiger partial charge in [-0.05, 0) is 70.8 Å². The van der Waals surface area contributed by atoms with Crippen molar-refractivity contribution in [3.63, 3.8) is 0 Å². The lowest BCUT2D eigenvalue weighted by Crippen LogP contribution is -2.46. The first-order valence-corrected chi connectivity index (χ1v) is 11.9. The van der Waals surface area contributed by atoms with Crippen molar-refractivity contribution in [2.75, 3.05) is 52.4 Å². The van der Waals surface area contributed by atoms with Crippen molar-refractivity contribution in [2.45, 2.75) is 58.5 Å². The third-order valence-electron chi connectivity index (χ3n) is 5.41. The zero-order chi connectivity index (χ0) is 23.2. The van der Waals surface area contributed by atoms with E-state index in [1.165, 1.54) is 12.8 Å². The van der Waals surface area contributed by atoms with Gasteiger partial charge in [-0.15, -0.1) is 0 Å². The van der Waals surface area contributed by atoms with Crippen molar-refractivity contribution in [2.24, 2.45) is 0 Å². The van der Waals surface area contributed by atoms with Crippen LogP contribution in [0.25, 0.3) is 0 Å². The third kappa shape index (κ3) is 11.4. The molecular formula is C25H40N4O3. The molecule has 1 aromatic carbocycles. The normalized spacial score (nSPS) is 15.2. The third-order valence-corrected chi connectivity index (χ3v) is 5.41. The van der Waals surface area contributed by atoms with Gasteiger partial charge in [-0.25, -0.2) is 4.79 Å². The molecule has 0 atom stereocenters. The van der Waals surface area contributed by atoms with Gasteiger partial charge in [0.05, 0.1) is 18.2 Å². The summed E-state index contributed by atoms with van der Waals surface area (Å²) in [6.45, 7) is 13.8. The minimum Gasteiger partial charge on any atom is -0.494 e. The summed E-state index contributed by atoms with van der Waals surface area (Å²) in [4.78, 5) is 16.7. The van der Waals surface area contributed by atoms with Gasteiger partial charge in [0, 0.05) is 39.3 Å². The number of amides is 1. The van der Waals surface area contributed by atoms with E-state index >= 15 is 0 Å². The molecule has 0 bridgehead atoms. The topological polar surface area (TPSA) is 77.8 Å². The van der Waals surface area contributed by atoms with E-state index in [4.69, 9.17) is 14.7 Å². The van der Waals surface area contributed by atoms with Gasteiger partial charge in [-0.2, -0.15) is 5.26 Å². The zero-order valence-corrected chi connectivity index (χ0v) is 20.1. The average molecular weight is 445 g/mol. The minimum absolute atomic E-state index is 0.323. The molecule has 0 aromatic heterocycles. The quantitative estimate of drug-likeness (QED) is 0.491. The van der Waals surface area contributed by atoms with Crippen molar-refractivity contribution in [1.29, 1.82) is 5.26 Å². The van der Waals surface area contributed by atoms with E-state index in [9.17, 15) is 4.79 Å². The summed E-state index contributed by atoms with van der Waals surface area (Å²) in [7, 11) is 0. The van der Waals surface area contributed by atoms with E-state index < -0.39 is 5.60 Å². The van der Waals surface area contributed by atoms with Crippen LogP contribution in [-0.4, -0.2) is 73.9 Å². The van der Waals surface area contributed by atoms with Gasteiger partial charge in [0.2, 0.25) is 0 Å². The van der Waals surface area contributed by atoms with Crippen molar-refractivity contribution in [3.05, 3.63) is 29.8 Å². The summed E-state index contributed by atoms with van der Waals surface area (Å²) in [6.07, 6.45) is 5.23. The molecule has 1 amide bonds. The molecule has 0 aliphatic carbocycles. The lowest BCUT2D eigenvalue weighted by molar-refractivity contribution is 0.0527. The molecule has 1 heterocycles. The predicted molar refractivity (Wildman–Crippen MR) is 127 cm³/mol. The Hall–Kier alpha value is -2.30. The van der Waals surface area contributed by atoms with Gasteiger partial charge in [0.15, 0.2) is 0 Å². The van der Waals surface area contributed by atoms with Crippen LogP contribution in [0.4, 0.5) is 4.79 Å². The van der Waals surface area contributed by atoms with Crippen LogP contribution in [0.1, 0.15) is 58.4 Å². The number of unbranched alkanes of at least 4 members (excludes halogenated alkanes) is 3. The smallest absolute Gasteiger partial charge is 0.407 e. The van der Waals surface area contributed by atoms with Crippen LogP contribution >= 0.6 is 0 Å². The highest BCUT2D eigenvalue weighted by Gasteiger charge is 2.16. The Labute approximate surface area is 193 Å². The van der Waals surface area contributed by atoms with Crippen molar-refractivity contribution >= 4 is 6.09 Å². The van der Waals surface area contributed by atoms with E-state index in [0.717, 1.165) is 64.3 Å². The second-order valence-corrected chi connectivity index (χ2v) is 9.36. The maximum absolute atomic E-state index is 11.6. The Morgan fingerprint density at radius 1 is 0.969 bits per heavy atom. The number of nitrogens with one attached hydrogen (secondary N) is 1. The molecule has 1 aliphatic heterocycles. The number of ether oxygens (including phenoxy) is 2. The number of carbonyl (C=O) groups is 1. The van der Waals surface area contributed by atoms with Gasteiger partial charge in [0.1, 0.15) is 11.4 Å². The predicted octanol–water partition coefficient (Wildman–Crippen LogP) is 4.03. The lowest BCUT2D eigenvalue weighted by atomic mass is 10.1. The summed E-state index contributed by atoms with van der Waals surface area (Å²) in [5, 5.41) is 11.6. The van der Waals surface area contributed by atoms with Crippen LogP contribution in [0.3, 0.4) is 0 Å². The number of nitrogens with zero attached hydrogens (tertiary/aromatic N) is 3.